The summed E-state index contributed by atoms with van der Waals surface area (Å²) in [6.45, 7) is 16.1. The first-order valence-electron chi connectivity index (χ1n) is 22.4. The Morgan fingerprint density at radius 1 is 0.951 bits per heavy atom. The number of carbonyl (C=O) groups excluding carboxylic acids is 1. The number of benzene rings is 2. The van der Waals surface area contributed by atoms with E-state index in [1.54, 1.807) is 24.1 Å². The topological polar surface area (TPSA) is 153 Å². The lowest BCUT2D eigenvalue weighted by Gasteiger charge is -2.47. The highest BCUT2D eigenvalue weighted by Crippen LogP contribution is 2.32. The number of likely N-dealkylation sites (N-methyl/N-ethyl adjacent to an activating group) is 1. The number of aromatic nitrogens is 2. The van der Waals surface area contributed by atoms with Crippen molar-refractivity contribution in [2.45, 2.75) is 83.8 Å². The molecule has 4 heterocycles. The molecule has 2 saturated heterocycles. The third-order valence-corrected chi connectivity index (χ3v) is 11.6. The Morgan fingerprint density at radius 2 is 1.70 bits per heavy atom. The Bertz CT molecular complexity index is 1980. The summed E-state index contributed by atoms with van der Waals surface area (Å²) in [4.78, 5) is 38.2. The number of piperidine rings is 1. The van der Waals surface area contributed by atoms with Crippen molar-refractivity contribution in [3.63, 3.8) is 0 Å². The molecule has 1 unspecified atom stereocenters. The predicted octanol–water partition coefficient (Wildman–Crippen LogP) is 5.66. The van der Waals surface area contributed by atoms with Gasteiger partial charge in [-0.05, 0) is 91.5 Å². The number of aromatic amines is 1. The fraction of sp³-hybridized carbons (Fsp3) is 0.562. The van der Waals surface area contributed by atoms with Gasteiger partial charge < -0.3 is 49.4 Å². The molecule has 0 saturated carbocycles. The molecule has 0 radical (unpaired) electrons. The van der Waals surface area contributed by atoms with Crippen molar-refractivity contribution in [2.75, 3.05) is 97.3 Å². The van der Waals surface area contributed by atoms with E-state index in [1.165, 1.54) is 28.8 Å². The van der Waals surface area contributed by atoms with Crippen molar-refractivity contribution in [2.24, 2.45) is 0 Å². The van der Waals surface area contributed by atoms with Gasteiger partial charge in [0.2, 0.25) is 11.5 Å². The van der Waals surface area contributed by atoms with Gasteiger partial charge in [0.1, 0.15) is 11.6 Å². The third kappa shape index (κ3) is 14.9. The zero-order valence-corrected chi connectivity index (χ0v) is 37.0. The minimum Gasteiger partial charge on any atom is -0.506 e. The zero-order valence-electron chi connectivity index (χ0n) is 37.0. The molecule has 2 fully saturated rings. The highest BCUT2D eigenvalue weighted by atomic mass is 16.5. The van der Waals surface area contributed by atoms with Crippen LogP contribution >= 0.6 is 0 Å². The number of anilines is 1. The Balaban J connectivity index is 0.000000925. The van der Waals surface area contributed by atoms with E-state index in [4.69, 9.17) is 14.2 Å². The van der Waals surface area contributed by atoms with E-state index < -0.39 is 6.10 Å². The van der Waals surface area contributed by atoms with E-state index in [0.717, 1.165) is 103 Å². The van der Waals surface area contributed by atoms with Crippen molar-refractivity contribution in [1.29, 1.82) is 0 Å². The van der Waals surface area contributed by atoms with Crippen LogP contribution < -0.4 is 15.8 Å². The number of phenols is 1. The van der Waals surface area contributed by atoms with Gasteiger partial charge in [0, 0.05) is 90.3 Å². The number of phenolic OH excluding ortho intramolecular Hbond substituents is 1. The molecule has 2 aromatic heterocycles. The average molecular weight is 843 g/mol. The smallest absolute Gasteiger partial charge is 0.248 e. The second-order valence-electron chi connectivity index (χ2n) is 16.3. The maximum absolute atomic E-state index is 12.7. The first-order valence-corrected chi connectivity index (χ1v) is 22.4. The Labute approximate surface area is 362 Å². The predicted molar refractivity (Wildman–Crippen MR) is 243 cm³/mol. The molecule has 334 valence electrons. The summed E-state index contributed by atoms with van der Waals surface area (Å²) < 4.78 is 17.4. The van der Waals surface area contributed by atoms with Crippen molar-refractivity contribution in [3.8, 4) is 5.75 Å². The number of likely N-dealkylation sites (tertiary alicyclic amines) is 1. The number of carbonyl (C=O) groups is 1. The van der Waals surface area contributed by atoms with Crippen LogP contribution in [-0.4, -0.2) is 134 Å². The number of amides is 1. The van der Waals surface area contributed by atoms with Crippen LogP contribution in [0.4, 0.5) is 5.82 Å². The Hall–Kier alpha value is -4.37. The second-order valence-corrected chi connectivity index (χ2v) is 16.3. The molecule has 1 spiro atoms. The maximum Gasteiger partial charge on any atom is 0.248 e. The SMILES string of the molecule is CCCOCCC.CCc1ccnc(N2CCOC3(CCN(CCc4cccc(CCOCCC(=O)N(C)CCNCC(O)c5ccc(O)c6[nH]c(=O)ccc56)c4)CC3)C2)c1. The largest absolute Gasteiger partial charge is 0.506 e. The van der Waals surface area contributed by atoms with E-state index in [9.17, 15) is 19.8 Å². The number of hydrogen-bond donors (Lipinski definition) is 4. The minimum atomic E-state index is -0.853. The summed E-state index contributed by atoms with van der Waals surface area (Å²) >= 11 is 0. The number of ether oxygens (including phenoxy) is 3. The molecular formula is C48H70N6O7. The summed E-state index contributed by atoms with van der Waals surface area (Å²) in [6, 6.07) is 19.1. The third-order valence-electron chi connectivity index (χ3n) is 11.6. The van der Waals surface area contributed by atoms with Crippen LogP contribution in [0.15, 0.2) is 71.7 Å². The van der Waals surface area contributed by atoms with E-state index in [-0.39, 0.29) is 29.4 Å². The number of fused-ring (bicyclic) bond motifs is 1. The second kappa shape index (κ2) is 24.9. The lowest BCUT2D eigenvalue weighted by atomic mass is 9.89. The fourth-order valence-electron chi connectivity index (χ4n) is 7.91. The van der Waals surface area contributed by atoms with Crippen molar-refractivity contribution in [1.82, 2.24) is 25.1 Å². The van der Waals surface area contributed by atoms with Crippen molar-refractivity contribution in [3.05, 3.63) is 99.5 Å². The molecule has 6 rings (SSSR count). The first-order chi connectivity index (χ1) is 29.6. The minimum absolute atomic E-state index is 0.00241. The maximum atomic E-state index is 12.7. The summed E-state index contributed by atoms with van der Waals surface area (Å²) in [5, 5.41) is 24.6. The van der Waals surface area contributed by atoms with E-state index in [1.807, 2.05) is 6.20 Å². The number of hydrogen-bond acceptors (Lipinski definition) is 11. The summed E-state index contributed by atoms with van der Waals surface area (Å²) in [5.41, 5.74) is 4.39. The van der Waals surface area contributed by atoms with E-state index in [0.29, 0.717) is 49.2 Å². The number of aliphatic hydroxyl groups excluding tert-OH is 1. The van der Waals surface area contributed by atoms with Gasteiger partial charge in [-0.1, -0.05) is 51.1 Å². The van der Waals surface area contributed by atoms with Crippen molar-refractivity contribution < 1.29 is 29.2 Å². The van der Waals surface area contributed by atoms with Gasteiger partial charge in [0.15, 0.2) is 0 Å². The van der Waals surface area contributed by atoms with Gasteiger partial charge in [0.05, 0.1) is 43.5 Å². The summed E-state index contributed by atoms with van der Waals surface area (Å²) in [5.74, 6) is 1.03. The van der Waals surface area contributed by atoms with Crippen LogP contribution in [0.5, 0.6) is 5.75 Å². The fourth-order valence-corrected chi connectivity index (χ4v) is 7.91. The number of rotatable bonds is 21. The number of aromatic hydroxyl groups is 1. The average Bonchev–Trinajstić information content (AvgIpc) is 3.28. The van der Waals surface area contributed by atoms with Crippen LogP contribution in [0.3, 0.4) is 0 Å². The van der Waals surface area contributed by atoms with Crippen LogP contribution in [0.1, 0.15) is 81.2 Å². The standard InChI is InChI=1S/C42H56N6O6.C6H14O/c1-3-31-11-17-44-38(28-31)48-23-26-54-42(30-48)15-20-47(21-16-42)19-12-32-5-4-6-33(27-32)13-24-53-25-14-40(52)46(2)22-18-43-29-37(50)34-7-9-36(49)41-35(34)8-10-39(51)45-41;1-3-5-7-6-4-2/h4-11,17,27-28,37,43,49-50H,3,12-16,18-26,29-30H2,1-2H3,(H,45,51);3-6H2,1-2H3. The molecule has 13 nitrogen and oxygen atoms in total. The number of pyridine rings is 2. The lowest BCUT2D eigenvalue weighted by molar-refractivity contribution is -0.131. The number of morpholine rings is 1. The quantitative estimate of drug-likeness (QED) is 0.0770. The van der Waals surface area contributed by atoms with Crippen LogP contribution in [0, 0.1) is 0 Å². The molecule has 2 aliphatic heterocycles. The van der Waals surface area contributed by atoms with Gasteiger partial charge >= 0.3 is 0 Å². The molecule has 2 aromatic carbocycles. The molecule has 0 aliphatic carbocycles. The molecule has 4 N–H and O–H groups in total. The molecule has 1 amide bonds. The first kappa shape index (κ1) is 47.7. The zero-order chi connectivity index (χ0) is 43.5. The highest BCUT2D eigenvalue weighted by Gasteiger charge is 2.40. The Morgan fingerprint density at radius 3 is 2.46 bits per heavy atom. The van der Waals surface area contributed by atoms with Crippen LogP contribution in [0.2, 0.25) is 0 Å². The monoisotopic (exact) mass is 843 g/mol. The van der Waals surface area contributed by atoms with Crippen LogP contribution in [0.25, 0.3) is 10.9 Å². The number of H-pyrrole nitrogens is 1. The van der Waals surface area contributed by atoms with Crippen LogP contribution in [-0.2, 0) is 38.3 Å². The number of aryl methyl sites for hydroxylation is 1. The number of nitrogens with zero attached hydrogens (tertiary/aromatic N) is 4. The summed E-state index contributed by atoms with van der Waals surface area (Å²) in [6.07, 6.45) is 8.56. The molecule has 61 heavy (non-hydrogen) atoms. The molecule has 4 aromatic rings. The van der Waals surface area contributed by atoms with Gasteiger partial charge in [-0.15, -0.1) is 0 Å². The van der Waals surface area contributed by atoms with Crippen molar-refractivity contribution >= 4 is 22.6 Å². The molecule has 2 aliphatic rings. The van der Waals surface area contributed by atoms with E-state index >= 15 is 0 Å². The molecule has 0 bridgehead atoms. The molecule has 1 atom stereocenters. The van der Waals surface area contributed by atoms with Gasteiger partial charge in [-0.3, -0.25) is 9.59 Å². The summed E-state index contributed by atoms with van der Waals surface area (Å²) in [7, 11) is 1.76. The van der Waals surface area contributed by atoms with Gasteiger partial charge in [0.25, 0.3) is 0 Å². The number of aliphatic hydroxyl groups is 1. The normalized spacial score (nSPS) is 15.7. The van der Waals surface area contributed by atoms with E-state index in [2.05, 4.69) is 82.3 Å². The number of nitrogens with one attached hydrogen (secondary N) is 2. The highest BCUT2D eigenvalue weighted by molar-refractivity contribution is 5.87. The lowest BCUT2D eigenvalue weighted by Crippen LogP contribution is -2.57. The Kier molecular flexibility index (Phi) is 19.5. The van der Waals surface area contributed by atoms with Gasteiger partial charge in [-0.2, -0.15) is 0 Å². The van der Waals surface area contributed by atoms with Gasteiger partial charge in [-0.25, -0.2) is 4.98 Å². The molecular weight excluding hydrogens is 773 g/mol. The molecule has 13 heteroatoms.